The SMILES string of the molecule is Cc1ccc([N+](=O)[O-])c(NC(=O)COC(=O)c2ccccc2C(=O)c2cccs2)c1C. The molecule has 2 aromatic carbocycles. The van der Waals surface area contributed by atoms with Crippen LogP contribution in [-0.2, 0) is 9.53 Å². The fourth-order valence-electron chi connectivity index (χ4n) is 2.90. The van der Waals surface area contributed by atoms with E-state index in [0.717, 1.165) is 5.56 Å². The lowest BCUT2D eigenvalue weighted by molar-refractivity contribution is -0.384. The van der Waals surface area contributed by atoms with Crippen molar-refractivity contribution in [2.24, 2.45) is 0 Å². The minimum Gasteiger partial charge on any atom is -0.452 e. The summed E-state index contributed by atoms with van der Waals surface area (Å²) in [5.74, 6) is -1.89. The van der Waals surface area contributed by atoms with Crippen LogP contribution < -0.4 is 5.32 Å². The van der Waals surface area contributed by atoms with Gasteiger partial charge in [-0.25, -0.2) is 4.79 Å². The van der Waals surface area contributed by atoms with Gasteiger partial charge in [-0.05, 0) is 42.5 Å². The van der Waals surface area contributed by atoms with Gasteiger partial charge in [0.05, 0.1) is 15.4 Å². The second-order valence-corrected chi connectivity index (χ2v) is 7.58. The van der Waals surface area contributed by atoms with E-state index in [4.69, 9.17) is 4.74 Å². The van der Waals surface area contributed by atoms with E-state index in [2.05, 4.69) is 5.32 Å². The fraction of sp³-hybridized carbons (Fsp3) is 0.136. The van der Waals surface area contributed by atoms with Gasteiger partial charge in [0.15, 0.2) is 6.61 Å². The number of ether oxygens (including phenoxy) is 1. The number of hydrogen-bond acceptors (Lipinski definition) is 7. The zero-order valence-corrected chi connectivity index (χ0v) is 17.5. The minimum absolute atomic E-state index is 0.0337. The standard InChI is InChI=1S/C22H18N2O6S/c1-13-9-10-17(24(28)29)20(14(13)2)23-19(25)12-30-22(27)16-7-4-3-6-15(16)21(26)18-8-5-11-31-18/h3-11H,12H2,1-2H3,(H,23,25). The van der Waals surface area contributed by atoms with Crippen molar-refractivity contribution in [2.75, 3.05) is 11.9 Å². The average Bonchev–Trinajstić information content (AvgIpc) is 3.29. The summed E-state index contributed by atoms with van der Waals surface area (Å²) >= 11 is 1.25. The van der Waals surface area contributed by atoms with Crippen LogP contribution in [0.1, 0.15) is 36.7 Å². The van der Waals surface area contributed by atoms with Crippen LogP contribution in [-0.4, -0.2) is 29.2 Å². The number of carbonyl (C=O) groups is 3. The number of nitro benzene ring substituents is 1. The summed E-state index contributed by atoms with van der Waals surface area (Å²) < 4.78 is 5.07. The topological polar surface area (TPSA) is 116 Å². The summed E-state index contributed by atoms with van der Waals surface area (Å²) in [4.78, 5) is 48.6. The van der Waals surface area contributed by atoms with Crippen LogP contribution in [0.15, 0.2) is 53.9 Å². The molecule has 0 unspecified atom stereocenters. The number of nitro groups is 1. The monoisotopic (exact) mass is 438 g/mol. The number of ketones is 1. The number of carbonyl (C=O) groups excluding carboxylic acids is 3. The van der Waals surface area contributed by atoms with E-state index in [1.165, 1.54) is 29.5 Å². The molecule has 8 nitrogen and oxygen atoms in total. The highest BCUT2D eigenvalue weighted by Gasteiger charge is 2.22. The van der Waals surface area contributed by atoms with Crippen LogP contribution in [0.4, 0.5) is 11.4 Å². The Balaban J connectivity index is 1.73. The van der Waals surface area contributed by atoms with Crippen LogP contribution in [0.2, 0.25) is 0 Å². The molecule has 1 aromatic heterocycles. The number of aryl methyl sites for hydroxylation is 1. The fourth-order valence-corrected chi connectivity index (χ4v) is 3.57. The normalized spacial score (nSPS) is 10.4. The van der Waals surface area contributed by atoms with Crippen LogP contribution in [0, 0.1) is 24.0 Å². The van der Waals surface area contributed by atoms with Gasteiger partial charge in [0.25, 0.3) is 11.6 Å². The first kappa shape index (κ1) is 21.8. The number of benzene rings is 2. The number of thiophene rings is 1. The average molecular weight is 438 g/mol. The van der Waals surface area contributed by atoms with E-state index in [9.17, 15) is 24.5 Å². The van der Waals surface area contributed by atoms with Crippen molar-refractivity contribution >= 4 is 40.4 Å². The lowest BCUT2D eigenvalue weighted by Crippen LogP contribution is -2.23. The third-order valence-electron chi connectivity index (χ3n) is 4.65. The Morgan fingerprint density at radius 1 is 1.03 bits per heavy atom. The van der Waals surface area contributed by atoms with Gasteiger partial charge in [-0.3, -0.25) is 19.7 Å². The molecule has 0 aliphatic rings. The molecule has 9 heteroatoms. The molecule has 0 spiro atoms. The van der Waals surface area contributed by atoms with E-state index in [1.807, 2.05) is 0 Å². The van der Waals surface area contributed by atoms with E-state index >= 15 is 0 Å². The van der Waals surface area contributed by atoms with E-state index < -0.39 is 23.4 Å². The van der Waals surface area contributed by atoms with Crippen LogP contribution in [0.5, 0.6) is 0 Å². The molecule has 1 heterocycles. The van der Waals surface area contributed by atoms with Crippen molar-refractivity contribution in [1.29, 1.82) is 0 Å². The van der Waals surface area contributed by atoms with Crippen LogP contribution in [0.25, 0.3) is 0 Å². The van der Waals surface area contributed by atoms with Gasteiger partial charge >= 0.3 is 5.97 Å². The lowest BCUT2D eigenvalue weighted by atomic mass is 10.0. The number of amides is 1. The van der Waals surface area contributed by atoms with Crippen molar-refractivity contribution in [3.63, 3.8) is 0 Å². The Labute approximate surface area is 181 Å². The van der Waals surface area contributed by atoms with Crippen molar-refractivity contribution in [2.45, 2.75) is 13.8 Å². The van der Waals surface area contributed by atoms with Gasteiger partial charge < -0.3 is 10.1 Å². The van der Waals surface area contributed by atoms with Crippen molar-refractivity contribution < 1.29 is 24.0 Å². The zero-order valence-electron chi connectivity index (χ0n) is 16.7. The molecule has 31 heavy (non-hydrogen) atoms. The highest BCUT2D eigenvalue weighted by molar-refractivity contribution is 7.12. The number of esters is 1. The minimum atomic E-state index is -0.842. The summed E-state index contributed by atoms with van der Waals surface area (Å²) in [7, 11) is 0. The van der Waals surface area contributed by atoms with Gasteiger partial charge in [-0.1, -0.05) is 30.3 Å². The van der Waals surface area contributed by atoms with Crippen molar-refractivity contribution in [1.82, 2.24) is 0 Å². The molecule has 0 saturated carbocycles. The third kappa shape index (κ3) is 4.84. The molecular formula is C22H18N2O6S. The lowest BCUT2D eigenvalue weighted by Gasteiger charge is -2.12. The molecule has 0 fully saturated rings. The Hall–Kier alpha value is -3.85. The predicted molar refractivity (Wildman–Crippen MR) is 116 cm³/mol. The largest absolute Gasteiger partial charge is 0.452 e. The summed E-state index contributed by atoms with van der Waals surface area (Å²) in [6.07, 6.45) is 0. The molecule has 0 atom stereocenters. The maximum atomic E-state index is 12.6. The van der Waals surface area contributed by atoms with E-state index in [1.54, 1.807) is 49.6 Å². The summed E-state index contributed by atoms with van der Waals surface area (Å²) in [5, 5.41) is 15.5. The summed E-state index contributed by atoms with van der Waals surface area (Å²) in [6, 6.07) is 12.4. The Morgan fingerprint density at radius 2 is 1.74 bits per heavy atom. The maximum Gasteiger partial charge on any atom is 0.339 e. The number of nitrogens with zero attached hydrogens (tertiary/aromatic N) is 1. The first-order valence-electron chi connectivity index (χ1n) is 9.18. The quantitative estimate of drug-likeness (QED) is 0.254. The molecule has 0 bridgehead atoms. The Morgan fingerprint density at radius 3 is 2.39 bits per heavy atom. The van der Waals surface area contributed by atoms with Crippen LogP contribution >= 0.6 is 11.3 Å². The smallest absolute Gasteiger partial charge is 0.339 e. The zero-order chi connectivity index (χ0) is 22.5. The van der Waals surface area contributed by atoms with Gasteiger partial charge in [0.1, 0.15) is 5.69 Å². The molecule has 0 aliphatic heterocycles. The highest BCUT2D eigenvalue weighted by Crippen LogP contribution is 2.30. The molecule has 158 valence electrons. The third-order valence-corrected chi connectivity index (χ3v) is 5.51. The number of hydrogen-bond donors (Lipinski definition) is 1. The second kappa shape index (κ2) is 9.31. The Kier molecular flexibility index (Phi) is 6.56. The second-order valence-electron chi connectivity index (χ2n) is 6.64. The molecular weight excluding hydrogens is 420 g/mol. The van der Waals surface area contributed by atoms with Crippen molar-refractivity contribution in [3.8, 4) is 0 Å². The highest BCUT2D eigenvalue weighted by atomic mass is 32.1. The van der Waals surface area contributed by atoms with Crippen LogP contribution in [0.3, 0.4) is 0 Å². The summed E-state index contributed by atoms with van der Waals surface area (Å²) in [5.41, 5.74) is 1.31. The molecule has 1 amide bonds. The molecule has 3 aromatic rings. The molecule has 0 radical (unpaired) electrons. The van der Waals surface area contributed by atoms with Gasteiger partial charge in [0.2, 0.25) is 5.78 Å². The molecule has 3 rings (SSSR count). The Bertz CT molecular complexity index is 1170. The molecule has 0 saturated heterocycles. The van der Waals surface area contributed by atoms with Crippen molar-refractivity contribution in [3.05, 3.63) is 91.2 Å². The molecule has 1 N–H and O–H groups in total. The number of nitrogens with one attached hydrogen (secondary N) is 1. The molecule has 0 aliphatic carbocycles. The van der Waals surface area contributed by atoms with Gasteiger partial charge in [-0.15, -0.1) is 11.3 Å². The number of anilines is 1. The predicted octanol–water partition coefficient (Wildman–Crippen LogP) is 4.30. The summed E-state index contributed by atoms with van der Waals surface area (Å²) in [6.45, 7) is 2.75. The number of rotatable bonds is 7. The first-order chi connectivity index (χ1) is 14.8. The maximum absolute atomic E-state index is 12.6. The van der Waals surface area contributed by atoms with Gasteiger partial charge in [0, 0.05) is 11.6 Å². The first-order valence-corrected chi connectivity index (χ1v) is 10.1. The van der Waals surface area contributed by atoms with E-state index in [0.29, 0.717) is 10.4 Å². The van der Waals surface area contributed by atoms with E-state index in [-0.39, 0.29) is 28.3 Å². The van der Waals surface area contributed by atoms with Gasteiger partial charge in [-0.2, -0.15) is 0 Å².